The van der Waals surface area contributed by atoms with Crippen molar-refractivity contribution in [3.05, 3.63) is 17.0 Å². The van der Waals surface area contributed by atoms with Gasteiger partial charge in [-0.05, 0) is 0 Å². The molecule has 0 fully saturated rings. The van der Waals surface area contributed by atoms with E-state index in [1.54, 1.807) is 18.9 Å². The summed E-state index contributed by atoms with van der Waals surface area (Å²) in [6.45, 7) is 9.46. The average molecular weight is 485 g/mol. The van der Waals surface area contributed by atoms with Crippen LogP contribution in [0.2, 0.25) is 13.3 Å². The van der Waals surface area contributed by atoms with Crippen molar-refractivity contribution < 1.29 is 0 Å². The monoisotopic (exact) mass is 486 g/mol. The van der Waals surface area contributed by atoms with Gasteiger partial charge in [0.2, 0.25) is 0 Å². The molecule has 2 heteroatoms. The Labute approximate surface area is 173 Å². The molecule has 1 rings (SSSR count). The van der Waals surface area contributed by atoms with Gasteiger partial charge in [-0.15, -0.1) is 0 Å². The molecule has 0 N–H and O–H groups in total. The maximum atomic E-state index is 2.70. The van der Waals surface area contributed by atoms with Crippen LogP contribution >= 0.6 is 11.3 Å². The summed E-state index contributed by atoms with van der Waals surface area (Å²) in [5, 5.41) is 2.54. The predicted molar refractivity (Wildman–Crippen MR) is 126 cm³/mol. The van der Waals surface area contributed by atoms with Crippen LogP contribution < -0.4 is 2.89 Å². The van der Waals surface area contributed by atoms with Crippen LogP contribution in [0.5, 0.6) is 0 Å². The molecule has 0 bridgehead atoms. The van der Waals surface area contributed by atoms with Crippen molar-refractivity contribution in [2.24, 2.45) is 0 Å². The van der Waals surface area contributed by atoms with Crippen molar-refractivity contribution in [1.29, 1.82) is 0 Å². The summed E-state index contributed by atoms with van der Waals surface area (Å²) in [5.41, 5.74) is 1.67. The van der Waals surface area contributed by atoms with E-state index < -0.39 is 18.4 Å². The van der Waals surface area contributed by atoms with Gasteiger partial charge >= 0.3 is 174 Å². The fourth-order valence-corrected chi connectivity index (χ4v) is 24.3. The second-order valence-electron chi connectivity index (χ2n) is 8.43. The van der Waals surface area contributed by atoms with Crippen molar-refractivity contribution >= 4 is 32.6 Å². The third-order valence-electron chi connectivity index (χ3n) is 6.02. The molecule has 1 heterocycles. The normalized spacial score (nSPS) is 12.0. The molecule has 0 radical (unpaired) electrons. The van der Waals surface area contributed by atoms with Crippen LogP contribution in [0.3, 0.4) is 0 Å². The summed E-state index contributed by atoms with van der Waals surface area (Å²) >= 11 is 0.0226. The van der Waals surface area contributed by atoms with Crippen LogP contribution in [0.25, 0.3) is 0 Å². The zero-order chi connectivity index (χ0) is 19.1. The summed E-state index contributed by atoms with van der Waals surface area (Å²) in [7, 11) is 0. The SMILES string of the molecule is CCCCCCCCc1cs[c]([Sn]([CH2]CCC)([CH2]CCC)[CH2]CCC)c1. The van der Waals surface area contributed by atoms with Crippen LogP contribution in [-0.2, 0) is 6.42 Å². The molecule has 152 valence electrons. The van der Waals surface area contributed by atoms with Gasteiger partial charge in [-0.3, -0.25) is 0 Å². The Morgan fingerprint density at radius 1 is 0.654 bits per heavy atom. The molecule has 1 aromatic heterocycles. The van der Waals surface area contributed by atoms with Gasteiger partial charge in [0.1, 0.15) is 0 Å². The van der Waals surface area contributed by atoms with E-state index in [1.165, 1.54) is 83.5 Å². The molecule has 0 atom stereocenters. The van der Waals surface area contributed by atoms with Gasteiger partial charge in [0.25, 0.3) is 0 Å². The number of thiophene rings is 1. The summed E-state index contributed by atoms with van der Waals surface area (Å²) in [4.78, 5) is 0. The minimum absolute atomic E-state index is 1.33. The standard InChI is InChI=1S/C12H19S.3C4H9.Sn/c1-2-3-4-5-6-7-8-12-9-10-13-11-12;3*1-3-4-2;/h9,11H,2-8H2,1H3;3*1,3-4H2,2H3;. The molecular formula is C24H46SSn. The first kappa shape index (κ1) is 24.5. The summed E-state index contributed by atoms with van der Waals surface area (Å²) in [6, 6.07) is 2.70. The van der Waals surface area contributed by atoms with E-state index in [1.807, 2.05) is 2.89 Å². The Bertz CT molecular complexity index is 415. The Morgan fingerprint density at radius 3 is 1.69 bits per heavy atom. The molecule has 0 saturated heterocycles. The number of rotatable bonds is 17. The summed E-state index contributed by atoms with van der Waals surface area (Å²) in [6.07, 6.45) is 18.4. The van der Waals surface area contributed by atoms with Crippen LogP contribution in [-0.4, -0.2) is 18.4 Å². The Hall–Kier alpha value is 0.499. The van der Waals surface area contributed by atoms with Crippen LogP contribution in [0, 0.1) is 0 Å². The van der Waals surface area contributed by atoms with Crippen LogP contribution in [0.15, 0.2) is 11.4 Å². The van der Waals surface area contributed by atoms with Gasteiger partial charge in [-0.1, -0.05) is 0 Å². The molecule has 0 aliphatic heterocycles. The molecule has 0 amide bonds. The maximum absolute atomic E-state index is 2.70. The van der Waals surface area contributed by atoms with E-state index in [-0.39, 0.29) is 0 Å². The molecule has 0 aliphatic rings. The first-order chi connectivity index (χ1) is 12.7. The van der Waals surface area contributed by atoms with Crippen molar-refractivity contribution in [2.75, 3.05) is 0 Å². The summed E-state index contributed by atoms with van der Waals surface area (Å²) in [5.74, 6) is 0. The van der Waals surface area contributed by atoms with Gasteiger partial charge in [-0.2, -0.15) is 0 Å². The second kappa shape index (κ2) is 15.4. The number of aryl methyl sites for hydroxylation is 1. The fourth-order valence-electron chi connectivity index (χ4n) is 4.18. The minimum atomic E-state index is -2.15. The molecule has 0 spiro atoms. The van der Waals surface area contributed by atoms with E-state index in [2.05, 4.69) is 50.5 Å². The average Bonchev–Trinajstić information content (AvgIpc) is 3.14. The van der Waals surface area contributed by atoms with Gasteiger partial charge in [0.15, 0.2) is 0 Å². The third kappa shape index (κ3) is 9.13. The van der Waals surface area contributed by atoms with Crippen LogP contribution in [0.4, 0.5) is 0 Å². The molecule has 1 aromatic rings. The fraction of sp³-hybridized carbons (Fsp3) is 0.833. The van der Waals surface area contributed by atoms with Crippen molar-refractivity contribution in [2.45, 2.75) is 124 Å². The molecule has 0 unspecified atom stereocenters. The van der Waals surface area contributed by atoms with Gasteiger partial charge in [0, 0.05) is 0 Å². The molecule has 26 heavy (non-hydrogen) atoms. The van der Waals surface area contributed by atoms with Crippen LogP contribution in [0.1, 0.15) is 110 Å². The van der Waals surface area contributed by atoms with Crippen molar-refractivity contribution in [3.8, 4) is 0 Å². The van der Waals surface area contributed by atoms with E-state index in [0.717, 1.165) is 0 Å². The molecule has 0 saturated carbocycles. The summed E-state index contributed by atoms with van der Waals surface area (Å²) < 4.78 is 6.77. The van der Waals surface area contributed by atoms with E-state index >= 15 is 0 Å². The number of hydrogen-bond acceptors (Lipinski definition) is 1. The van der Waals surface area contributed by atoms with Gasteiger partial charge < -0.3 is 0 Å². The third-order valence-corrected chi connectivity index (χ3v) is 25.3. The molecule has 0 aliphatic carbocycles. The molecular weight excluding hydrogens is 439 g/mol. The van der Waals surface area contributed by atoms with Crippen molar-refractivity contribution in [3.63, 3.8) is 0 Å². The number of unbranched alkanes of at least 4 members (excludes halogenated alkanes) is 8. The van der Waals surface area contributed by atoms with Crippen molar-refractivity contribution in [1.82, 2.24) is 0 Å². The van der Waals surface area contributed by atoms with E-state index in [0.29, 0.717) is 0 Å². The Kier molecular flexibility index (Phi) is 14.6. The van der Waals surface area contributed by atoms with Gasteiger partial charge in [-0.25, -0.2) is 0 Å². The van der Waals surface area contributed by atoms with E-state index in [4.69, 9.17) is 0 Å². The quantitative estimate of drug-likeness (QED) is 0.153. The second-order valence-corrected chi connectivity index (χ2v) is 23.5. The first-order valence-electron chi connectivity index (χ1n) is 11.8. The zero-order valence-corrected chi connectivity index (χ0v) is 22.0. The molecule has 0 aromatic carbocycles. The molecule has 0 nitrogen and oxygen atoms in total. The van der Waals surface area contributed by atoms with E-state index in [9.17, 15) is 0 Å². The zero-order valence-electron chi connectivity index (χ0n) is 18.4. The van der Waals surface area contributed by atoms with Gasteiger partial charge in [0.05, 0.1) is 0 Å². The topological polar surface area (TPSA) is 0 Å². The Morgan fingerprint density at radius 2 is 1.15 bits per heavy atom. The number of hydrogen-bond donors (Lipinski definition) is 0. The predicted octanol–water partition coefficient (Wildman–Crippen LogP) is 8.71. The Balaban J connectivity index is 2.71. The first-order valence-corrected chi connectivity index (χ1v) is 20.2.